The van der Waals surface area contributed by atoms with Gasteiger partial charge in [-0.1, -0.05) is 23.7 Å². The van der Waals surface area contributed by atoms with Crippen LogP contribution in [0.4, 0.5) is 17.3 Å². The molecule has 0 spiro atoms. The third-order valence-electron chi connectivity index (χ3n) is 1.79. The normalized spacial score (nSPS) is 9.93. The van der Waals surface area contributed by atoms with E-state index in [9.17, 15) is 0 Å². The first-order chi connectivity index (χ1) is 7.25. The summed E-state index contributed by atoms with van der Waals surface area (Å²) in [5.74, 6) is 0.470. The minimum atomic E-state index is 0.470. The summed E-state index contributed by atoms with van der Waals surface area (Å²) >= 11 is 5.96. The lowest BCUT2D eigenvalue weighted by Crippen LogP contribution is -1.98. The van der Waals surface area contributed by atoms with Crippen molar-refractivity contribution in [3.63, 3.8) is 0 Å². The molecule has 1 aromatic carbocycles. The van der Waals surface area contributed by atoms with E-state index in [1.807, 2.05) is 18.2 Å². The van der Waals surface area contributed by atoms with Gasteiger partial charge in [0.1, 0.15) is 0 Å². The SMILES string of the molecule is Nc1cnc(Nc2ccccc2Cl)nc1. The molecule has 15 heavy (non-hydrogen) atoms. The van der Waals surface area contributed by atoms with Crippen LogP contribution in [0.3, 0.4) is 0 Å². The fourth-order valence-corrected chi connectivity index (χ4v) is 1.27. The largest absolute Gasteiger partial charge is 0.396 e. The van der Waals surface area contributed by atoms with E-state index in [2.05, 4.69) is 15.3 Å². The van der Waals surface area contributed by atoms with Gasteiger partial charge in [0.05, 0.1) is 28.8 Å². The Labute approximate surface area is 92.1 Å². The summed E-state index contributed by atoms with van der Waals surface area (Å²) in [6.07, 6.45) is 3.07. The summed E-state index contributed by atoms with van der Waals surface area (Å²) in [6.45, 7) is 0. The number of rotatable bonds is 2. The molecule has 3 N–H and O–H groups in total. The minimum absolute atomic E-state index is 0.470. The van der Waals surface area contributed by atoms with E-state index in [0.717, 1.165) is 5.69 Å². The average molecular weight is 221 g/mol. The van der Waals surface area contributed by atoms with Gasteiger partial charge in [0.15, 0.2) is 0 Å². The number of halogens is 1. The number of benzene rings is 1. The fourth-order valence-electron chi connectivity index (χ4n) is 1.09. The Morgan fingerprint density at radius 3 is 2.47 bits per heavy atom. The summed E-state index contributed by atoms with van der Waals surface area (Å²) in [4.78, 5) is 8.02. The molecule has 76 valence electrons. The molecular formula is C10H9ClN4. The molecule has 0 aliphatic heterocycles. The predicted octanol–water partition coefficient (Wildman–Crippen LogP) is 2.46. The van der Waals surface area contributed by atoms with E-state index in [1.165, 1.54) is 12.4 Å². The highest BCUT2D eigenvalue weighted by atomic mass is 35.5. The average Bonchev–Trinajstić information content (AvgIpc) is 2.25. The smallest absolute Gasteiger partial charge is 0.227 e. The lowest BCUT2D eigenvalue weighted by atomic mass is 10.3. The molecule has 0 fully saturated rings. The van der Waals surface area contributed by atoms with Gasteiger partial charge < -0.3 is 11.1 Å². The maximum absolute atomic E-state index is 5.96. The maximum Gasteiger partial charge on any atom is 0.227 e. The third kappa shape index (κ3) is 2.35. The molecule has 0 amide bonds. The molecule has 2 rings (SSSR count). The van der Waals surface area contributed by atoms with E-state index in [0.29, 0.717) is 16.7 Å². The zero-order chi connectivity index (χ0) is 10.7. The summed E-state index contributed by atoms with van der Waals surface area (Å²) in [6, 6.07) is 7.38. The van der Waals surface area contributed by atoms with Crippen LogP contribution < -0.4 is 11.1 Å². The Hall–Kier alpha value is -1.81. The van der Waals surface area contributed by atoms with E-state index >= 15 is 0 Å². The number of nitrogens with one attached hydrogen (secondary N) is 1. The second-order valence-electron chi connectivity index (χ2n) is 2.94. The van der Waals surface area contributed by atoms with Gasteiger partial charge in [-0.25, -0.2) is 9.97 Å². The van der Waals surface area contributed by atoms with E-state index < -0.39 is 0 Å². The lowest BCUT2D eigenvalue weighted by molar-refractivity contribution is 1.17. The molecule has 4 nitrogen and oxygen atoms in total. The van der Waals surface area contributed by atoms with Crippen molar-refractivity contribution in [3.8, 4) is 0 Å². The molecule has 1 aromatic heterocycles. The van der Waals surface area contributed by atoms with Crippen molar-refractivity contribution in [3.05, 3.63) is 41.7 Å². The topological polar surface area (TPSA) is 63.8 Å². The van der Waals surface area contributed by atoms with Crippen LogP contribution in [0.25, 0.3) is 0 Å². The highest BCUT2D eigenvalue weighted by Gasteiger charge is 2.00. The van der Waals surface area contributed by atoms with Crippen molar-refractivity contribution in [2.75, 3.05) is 11.1 Å². The van der Waals surface area contributed by atoms with Gasteiger partial charge in [-0.2, -0.15) is 0 Å². The summed E-state index contributed by atoms with van der Waals surface area (Å²) in [5.41, 5.74) is 6.77. The zero-order valence-electron chi connectivity index (χ0n) is 7.81. The second-order valence-corrected chi connectivity index (χ2v) is 3.35. The van der Waals surface area contributed by atoms with Gasteiger partial charge >= 0.3 is 0 Å². The Balaban J connectivity index is 2.22. The van der Waals surface area contributed by atoms with Crippen LogP contribution in [0, 0.1) is 0 Å². The molecule has 0 saturated carbocycles. The van der Waals surface area contributed by atoms with Crippen molar-refractivity contribution in [2.45, 2.75) is 0 Å². The molecule has 0 bridgehead atoms. The van der Waals surface area contributed by atoms with Crippen LogP contribution in [0.15, 0.2) is 36.7 Å². The van der Waals surface area contributed by atoms with Gasteiger partial charge in [-0.3, -0.25) is 0 Å². The summed E-state index contributed by atoms with van der Waals surface area (Å²) in [5, 5.41) is 3.61. The number of hydrogen-bond donors (Lipinski definition) is 2. The number of para-hydroxylation sites is 1. The number of anilines is 3. The van der Waals surface area contributed by atoms with Crippen molar-refractivity contribution in [1.29, 1.82) is 0 Å². The summed E-state index contributed by atoms with van der Waals surface area (Å²) < 4.78 is 0. The third-order valence-corrected chi connectivity index (χ3v) is 2.12. The van der Waals surface area contributed by atoms with Crippen LogP contribution in [0.5, 0.6) is 0 Å². The number of hydrogen-bond acceptors (Lipinski definition) is 4. The van der Waals surface area contributed by atoms with Crippen molar-refractivity contribution in [1.82, 2.24) is 9.97 Å². The first kappa shape index (κ1) is 9.73. The lowest BCUT2D eigenvalue weighted by Gasteiger charge is -2.05. The van der Waals surface area contributed by atoms with E-state index in [4.69, 9.17) is 17.3 Å². The van der Waals surface area contributed by atoms with Gasteiger partial charge in [0.2, 0.25) is 5.95 Å². The fraction of sp³-hybridized carbons (Fsp3) is 0. The first-order valence-electron chi connectivity index (χ1n) is 4.35. The molecular weight excluding hydrogens is 212 g/mol. The van der Waals surface area contributed by atoms with Gasteiger partial charge in [0, 0.05) is 0 Å². The van der Waals surface area contributed by atoms with Crippen LogP contribution in [0.1, 0.15) is 0 Å². The Kier molecular flexibility index (Phi) is 2.69. The Bertz CT molecular complexity index is 455. The molecule has 0 atom stereocenters. The molecule has 0 aliphatic rings. The molecule has 0 saturated heterocycles. The Morgan fingerprint density at radius 1 is 1.13 bits per heavy atom. The van der Waals surface area contributed by atoms with Crippen LogP contribution in [-0.4, -0.2) is 9.97 Å². The number of nitrogens with two attached hydrogens (primary N) is 1. The zero-order valence-corrected chi connectivity index (χ0v) is 8.57. The first-order valence-corrected chi connectivity index (χ1v) is 4.72. The maximum atomic E-state index is 5.96. The van der Waals surface area contributed by atoms with Gasteiger partial charge in [0.25, 0.3) is 0 Å². The van der Waals surface area contributed by atoms with Crippen LogP contribution in [-0.2, 0) is 0 Å². The molecule has 1 heterocycles. The van der Waals surface area contributed by atoms with E-state index in [-0.39, 0.29) is 0 Å². The highest BCUT2D eigenvalue weighted by Crippen LogP contribution is 2.22. The molecule has 2 aromatic rings. The van der Waals surface area contributed by atoms with Gasteiger partial charge in [-0.05, 0) is 12.1 Å². The number of aromatic nitrogens is 2. The molecule has 0 unspecified atom stereocenters. The van der Waals surface area contributed by atoms with Crippen LogP contribution >= 0.6 is 11.6 Å². The Morgan fingerprint density at radius 2 is 1.80 bits per heavy atom. The monoisotopic (exact) mass is 220 g/mol. The van der Waals surface area contributed by atoms with Crippen LogP contribution in [0.2, 0.25) is 5.02 Å². The second kappa shape index (κ2) is 4.14. The quantitative estimate of drug-likeness (QED) is 0.816. The number of nitrogens with zero attached hydrogens (tertiary/aromatic N) is 2. The van der Waals surface area contributed by atoms with Gasteiger partial charge in [-0.15, -0.1) is 0 Å². The standard InChI is InChI=1S/C10H9ClN4/c11-8-3-1-2-4-9(8)15-10-13-5-7(12)6-14-10/h1-6H,12H2,(H,13,14,15). The minimum Gasteiger partial charge on any atom is -0.396 e. The van der Waals surface area contributed by atoms with Crippen molar-refractivity contribution in [2.24, 2.45) is 0 Å². The molecule has 5 heteroatoms. The van der Waals surface area contributed by atoms with Crippen molar-refractivity contribution >= 4 is 28.9 Å². The van der Waals surface area contributed by atoms with Crippen molar-refractivity contribution < 1.29 is 0 Å². The highest BCUT2D eigenvalue weighted by molar-refractivity contribution is 6.33. The molecule has 0 radical (unpaired) electrons. The van der Waals surface area contributed by atoms with E-state index in [1.54, 1.807) is 6.07 Å². The molecule has 0 aliphatic carbocycles. The predicted molar refractivity (Wildman–Crippen MR) is 61.2 cm³/mol. The number of nitrogen functional groups attached to an aromatic ring is 1. The summed E-state index contributed by atoms with van der Waals surface area (Å²) in [7, 11) is 0.